The average Bonchev–Trinajstić information content (AvgIpc) is 3.28. The Morgan fingerprint density at radius 2 is 1.91 bits per heavy atom. The third kappa shape index (κ3) is 4.18. The summed E-state index contributed by atoms with van der Waals surface area (Å²) in [7, 11) is -1.67. The van der Waals surface area contributed by atoms with Crippen LogP contribution >= 0.6 is 0 Å². The number of non-ortho nitro benzene ring substituents is 1. The monoisotopic (exact) mass is 456 g/mol. The quantitative estimate of drug-likeness (QED) is 0.372. The highest BCUT2D eigenvalue weighted by molar-refractivity contribution is 7.82. The summed E-state index contributed by atoms with van der Waals surface area (Å²) in [5, 5.41) is 11.0. The highest BCUT2D eigenvalue weighted by atomic mass is 32.2. The first-order chi connectivity index (χ1) is 15.4. The van der Waals surface area contributed by atoms with Crippen LogP contribution in [0.1, 0.15) is 30.4 Å². The summed E-state index contributed by atoms with van der Waals surface area (Å²) < 4.78 is 26.3. The summed E-state index contributed by atoms with van der Waals surface area (Å²) in [6.45, 7) is 4.30. The molecule has 0 amide bonds. The molecule has 0 saturated carbocycles. The van der Waals surface area contributed by atoms with Gasteiger partial charge in [0.15, 0.2) is 11.0 Å². The van der Waals surface area contributed by atoms with Gasteiger partial charge in [-0.05, 0) is 44.0 Å². The van der Waals surface area contributed by atoms with Gasteiger partial charge in [0.25, 0.3) is 5.69 Å². The number of rotatable bonds is 6. The lowest BCUT2D eigenvalue weighted by atomic mass is 9.81. The first-order valence-electron chi connectivity index (χ1n) is 10.4. The smallest absolute Gasteiger partial charge is 0.355 e. The molecule has 4 rings (SSSR count). The zero-order valence-corrected chi connectivity index (χ0v) is 18.6. The van der Waals surface area contributed by atoms with E-state index in [-0.39, 0.29) is 29.8 Å². The summed E-state index contributed by atoms with van der Waals surface area (Å²) >= 11 is 0. The predicted octanol–water partition coefficient (Wildman–Crippen LogP) is 3.83. The Morgan fingerprint density at radius 1 is 1.22 bits per heavy atom. The van der Waals surface area contributed by atoms with Crippen LogP contribution in [0.5, 0.6) is 0 Å². The zero-order valence-electron chi connectivity index (χ0n) is 17.8. The van der Waals surface area contributed by atoms with Crippen molar-refractivity contribution in [1.82, 2.24) is 4.31 Å². The van der Waals surface area contributed by atoms with E-state index in [9.17, 15) is 19.1 Å². The molecule has 1 fully saturated rings. The van der Waals surface area contributed by atoms with Crippen molar-refractivity contribution in [2.24, 2.45) is 5.92 Å². The van der Waals surface area contributed by atoms with Gasteiger partial charge in [-0.3, -0.25) is 14.4 Å². The fourth-order valence-electron chi connectivity index (χ4n) is 4.17. The third-order valence-corrected chi connectivity index (χ3v) is 7.19. The summed E-state index contributed by atoms with van der Waals surface area (Å²) in [5.41, 5.74) is 2.05. The summed E-state index contributed by atoms with van der Waals surface area (Å²) in [6.07, 6.45) is 1.89. The first kappa shape index (κ1) is 22.2. The Balaban J connectivity index is 1.77. The number of benzene rings is 2. The molecule has 2 aliphatic rings. The van der Waals surface area contributed by atoms with Crippen LogP contribution in [0.25, 0.3) is 0 Å². The van der Waals surface area contributed by atoms with E-state index in [2.05, 4.69) is 0 Å². The molecule has 2 heterocycles. The molecule has 1 saturated heterocycles. The molecule has 0 aromatic heterocycles. The van der Waals surface area contributed by atoms with Crippen LogP contribution in [0, 0.1) is 23.0 Å². The normalized spacial score (nSPS) is 23.2. The van der Waals surface area contributed by atoms with Crippen LogP contribution in [0.4, 0.5) is 5.69 Å². The van der Waals surface area contributed by atoms with Gasteiger partial charge in [0.1, 0.15) is 11.9 Å². The standard InChI is InChI=1S/C23H24N2O6S/c1-3-30-23(26)21-14-20(16-6-8-17(9-7-16)25(27)28)19-12-13-31-22(19)24(21)32(29)18-10-4-15(2)5-11-18/h4-11,14,19-20,22H,3,12-13H2,1-2H3. The lowest BCUT2D eigenvalue weighted by Crippen LogP contribution is -2.46. The van der Waals surface area contributed by atoms with Gasteiger partial charge in [0.05, 0.1) is 16.4 Å². The van der Waals surface area contributed by atoms with E-state index < -0.39 is 28.1 Å². The third-order valence-electron chi connectivity index (χ3n) is 5.75. The van der Waals surface area contributed by atoms with Crippen molar-refractivity contribution >= 4 is 22.6 Å². The van der Waals surface area contributed by atoms with Gasteiger partial charge in [0, 0.05) is 30.6 Å². The van der Waals surface area contributed by atoms with E-state index in [1.165, 1.54) is 16.4 Å². The van der Waals surface area contributed by atoms with Crippen LogP contribution in [-0.4, -0.2) is 38.8 Å². The number of nitrogens with zero attached hydrogens (tertiary/aromatic N) is 2. The van der Waals surface area contributed by atoms with Crippen LogP contribution in [0.2, 0.25) is 0 Å². The molecule has 0 bridgehead atoms. The van der Waals surface area contributed by atoms with Gasteiger partial charge in [-0.2, -0.15) is 0 Å². The van der Waals surface area contributed by atoms with E-state index in [1.807, 2.05) is 19.1 Å². The molecular formula is C23H24N2O6S. The second kappa shape index (κ2) is 9.22. The van der Waals surface area contributed by atoms with Crippen molar-refractivity contribution in [2.45, 2.75) is 37.3 Å². The number of aryl methyl sites for hydroxylation is 1. The maximum atomic E-state index is 13.6. The number of ether oxygens (including phenoxy) is 2. The number of hydrogen-bond donors (Lipinski definition) is 0. The fourth-order valence-corrected chi connectivity index (χ4v) is 5.49. The van der Waals surface area contributed by atoms with E-state index >= 15 is 0 Å². The number of carbonyl (C=O) groups excluding carboxylic acids is 1. The predicted molar refractivity (Wildman–Crippen MR) is 118 cm³/mol. The topological polar surface area (TPSA) is 99.0 Å². The maximum absolute atomic E-state index is 13.6. The van der Waals surface area contributed by atoms with Gasteiger partial charge in [0.2, 0.25) is 0 Å². The zero-order chi connectivity index (χ0) is 22.8. The van der Waals surface area contributed by atoms with Crippen LogP contribution in [0.3, 0.4) is 0 Å². The molecule has 4 atom stereocenters. The largest absolute Gasteiger partial charge is 0.461 e. The van der Waals surface area contributed by atoms with E-state index in [4.69, 9.17) is 9.47 Å². The lowest BCUT2D eigenvalue weighted by Gasteiger charge is -2.40. The SMILES string of the molecule is CCOC(=O)C1=CC(c2ccc([N+](=O)[O-])cc2)C2CCOC2N1S(=O)c1ccc(C)cc1. The van der Waals surface area contributed by atoms with Crippen molar-refractivity contribution in [3.8, 4) is 0 Å². The van der Waals surface area contributed by atoms with Crippen molar-refractivity contribution in [3.63, 3.8) is 0 Å². The molecule has 0 aliphatic carbocycles. The van der Waals surface area contributed by atoms with Crippen LogP contribution in [0.15, 0.2) is 65.2 Å². The minimum Gasteiger partial charge on any atom is -0.461 e. The van der Waals surface area contributed by atoms with Gasteiger partial charge < -0.3 is 9.47 Å². The minimum absolute atomic E-state index is 0.000443. The van der Waals surface area contributed by atoms with Gasteiger partial charge in [-0.1, -0.05) is 29.8 Å². The molecule has 4 unspecified atom stereocenters. The van der Waals surface area contributed by atoms with Gasteiger partial charge >= 0.3 is 5.97 Å². The maximum Gasteiger partial charge on any atom is 0.355 e. The molecular weight excluding hydrogens is 432 g/mol. The highest BCUT2D eigenvalue weighted by Gasteiger charge is 2.47. The summed E-state index contributed by atoms with van der Waals surface area (Å²) in [6, 6.07) is 13.6. The Morgan fingerprint density at radius 3 is 2.53 bits per heavy atom. The Bertz CT molecular complexity index is 1070. The molecule has 8 nitrogen and oxygen atoms in total. The van der Waals surface area contributed by atoms with Gasteiger partial charge in [-0.25, -0.2) is 9.00 Å². The lowest BCUT2D eigenvalue weighted by molar-refractivity contribution is -0.384. The van der Waals surface area contributed by atoms with E-state index in [1.54, 1.807) is 37.3 Å². The molecule has 9 heteroatoms. The first-order valence-corrected chi connectivity index (χ1v) is 11.5. The van der Waals surface area contributed by atoms with Crippen molar-refractivity contribution in [1.29, 1.82) is 0 Å². The van der Waals surface area contributed by atoms with Crippen LogP contribution < -0.4 is 0 Å². The fraction of sp³-hybridized carbons (Fsp3) is 0.348. The molecule has 2 aliphatic heterocycles. The number of allylic oxidation sites excluding steroid dienone is 1. The van der Waals surface area contributed by atoms with Crippen LogP contribution in [-0.2, 0) is 25.3 Å². The summed E-state index contributed by atoms with van der Waals surface area (Å²) in [4.78, 5) is 24.0. The molecule has 0 radical (unpaired) electrons. The second-order valence-electron chi connectivity index (χ2n) is 7.75. The van der Waals surface area contributed by atoms with Crippen molar-refractivity contribution in [2.75, 3.05) is 13.2 Å². The van der Waals surface area contributed by atoms with E-state index in [0.29, 0.717) is 17.9 Å². The minimum atomic E-state index is -1.67. The molecule has 2 aromatic rings. The average molecular weight is 457 g/mol. The molecule has 0 spiro atoms. The second-order valence-corrected chi connectivity index (χ2v) is 9.11. The number of nitro groups is 1. The number of hydrogen-bond acceptors (Lipinski definition) is 6. The number of nitro benzene ring substituents is 1. The molecule has 32 heavy (non-hydrogen) atoms. The summed E-state index contributed by atoms with van der Waals surface area (Å²) in [5.74, 6) is -0.869. The number of esters is 1. The Labute approximate surface area is 188 Å². The highest BCUT2D eigenvalue weighted by Crippen LogP contribution is 2.45. The van der Waals surface area contributed by atoms with E-state index in [0.717, 1.165) is 11.1 Å². The van der Waals surface area contributed by atoms with Crippen molar-refractivity contribution < 1.29 is 23.4 Å². The number of fused-ring (bicyclic) bond motifs is 1. The molecule has 2 aromatic carbocycles. The van der Waals surface area contributed by atoms with Crippen molar-refractivity contribution in [3.05, 3.63) is 81.5 Å². The Hall–Kier alpha value is -3.04. The Kier molecular flexibility index (Phi) is 6.38. The molecule has 0 N–H and O–H groups in total. The molecule has 168 valence electrons. The van der Waals surface area contributed by atoms with Gasteiger partial charge in [-0.15, -0.1) is 0 Å². The number of carbonyl (C=O) groups is 1.